The van der Waals surface area contributed by atoms with Crippen molar-refractivity contribution < 1.29 is 16.8 Å². The molecular formula is C7H8O4S2. The summed E-state index contributed by atoms with van der Waals surface area (Å²) < 4.78 is 42.8. The fourth-order valence-electron chi connectivity index (χ4n) is 0.815. The highest BCUT2D eigenvalue weighted by Gasteiger charge is 2.06. The molecule has 0 saturated heterocycles. The first-order valence-corrected chi connectivity index (χ1v) is 6.42. The van der Waals surface area contributed by atoms with E-state index in [4.69, 9.17) is 0 Å². The summed E-state index contributed by atoms with van der Waals surface area (Å²) >= 11 is 0. The first kappa shape index (κ1) is 10.2. The molecule has 72 valence electrons. The molecule has 1 aromatic rings. The van der Waals surface area contributed by atoms with Crippen molar-refractivity contribution in [3.05, 3.63) is 24.3 Å². The lowest BCUT2D eigenvalue weighted by Gasteiger charge is -1.96. The fourth-order valence-corrected chi connectivity index (χ4v) is 1.84. The predicted octanol–water partition coefficient (Wildman–Crippen LogP) is 0.0604. The molecule has 1 rings (SSSR count). The van der Waals surface area contributed by atoms with Gasteiger partial charge in [0.25, 0.3) is 0 Å². The molecule has 0 heterocycles. The molecule has 0 saturated carbocycles. The third-order valence-electron chi connectivity index (χ3n) is 1.48. The van der Waals surface area contributed by atoms with Gasteiger partial charge in [-0.05, 0) is 24.3 Å². The molecule has 1 aromatic carbocycles. The van der Waals surface area contributed by atoms with E-state index < -0.39 is 20.5 Å². The molecule has 0 atom stereocenters. The van der Waals surface area contributed by atoms with Crippen LogP contribution in [0.4, 0.5) is 0 Å². The van der Waals surface area contributed by atoms with Gasteiger partial charge in [0, 0.05) is 6.26 Å². The minimum atomic E-state index is -3.24. The highest BCUT2D eigenvalue weighted by Crippen LogP contribution is 2.10. The quantitative estimate of drug-likeness (QED) is 0.716. The van der Waals surface area contributed by atoms with Gasteiger partial charge in [-0.2, -0.15) is 0 Å². The molecule has 0 spiro atoms. The van der Waals surface area contributed by atoms with Gasteiger partial charge in [0.15, 0.2) is 20.5 Å². The maximum atomic E-state index is 11.0. The van der Waals surface area contributed by atoms with Gasteiger partial charge in [0.2, 0.25) is 0 Å². The molecule has 0 unspecified atom stereocenters. The summed E-state index contributed by atoms with van der Waals surface area (Å²) in [5, 5.41) is 0. The molecule has 4 nitrogen and oxygen atoms in total. The lowest BCUT2D eigenvalue weighted by atomic mass is 10.4. The average Bonchev–Trinajstić information content (AvgIpc) is 2.03. The van der Waals surface area contributed by atoms with E-state index in [-0.39, 0.29) is 9.79 Å². The average molecular weight is 220 g/mol. The summed E-state index contributed by atoms with van der Waals surface area (Å²) in [7, 11) is -5.88. The lowest BCUT2D eigenvalue weighted by molar-refractivity contribution is 0.601. The van der Waals surface area contributed by atoms with E-state index in [2.05, 4.69) is 0 Å². The van der Waals surface area contributed by atoms with E-state index in [1.165, 1.54) is 24.3 Å². The maximum Gasteiger partial charge on any atom is 0.175 e. The molecule has 0 amide bonds. The summed E-state index contributed by atoms with van der Waals surface area (Å²) in [6.07, 6.45) is 1.07. The van der Waals surface area contributed by atoms with Crippen LogP contribution in [0.5, 0.6) is 0 Å². The molecule has 0 aliphatic carbocycles. The number of hydrogen-bond acceptors (Lipinski definition) is 4. The van der Waals surface area contributed by atoms with Crippen LogP contribution in [0.2, 0.25) is 0 Å². The topological polar surface area (TPSA) is 68.3 Å². The van der Waals surface area contributed by atoms with Crippen LogP contribution in [-0.4, -0.2) is 23.1 Å². The van der Waals surface area contributed by atoms with Gasteiger partial charge in [-0.15, -0.1) is 0 Å². The Labute approximate surface area is 78.1 Å². The zero-order chi connectivity index (χ0) is 10.1. The molecule has 0 bridgehead atoms. The molecule has 0 aliphatic rings. The molecule has 0 N–H and O–H groups in total. The Balaban J connectivity index is 3.23. The SMILES string of the molecule is CS(=O)(=O)c1ccc([SH](=O)=O)cc1. The van der Waals surface area contributed by atoms with Crippen molar-refractivity contribution in [1.29, 1.82) is 0 Å². The first-order chi connectivity index (χ1) is 5.91. The Morgan fingerprint density at radius 1 is 1.08 bits per heavy atom. The molecule has 0 aromatic heterocycles. The van der Waals surface area contributed by atoms with E-state index in [0.717, 1.165) is 6.26 Å². The van der Waals surface area contributed by atoms with Gasteiger partial charge in [-0.25, -0.2) is 16.8 Å². The standard InChI is InChI=1S/C7H8O4S2/c1-13(10,11)7-4-2-6(3-5-7)12(8)9/h2-5,12H,1H3. The number of hydrogen-bond donors (Lipinski definition) is 1. The van der Waals surface area contributed by atoms with Crippen molar-refractivity contribution in [3.8, 4) is 0 Å². The molecule has 0 fully saturated rings. The first-order valence-electron chi connectivity index (χ1n) is 3.36. The van der Waals surface area contributed by atoms with E-state index in [0.29, 0.717) is 0 Å². The van der Waals surface area contributed by atoms with E-state index in [1.807, 2.05) is 0 Å². The van der Waals surface area contributed by atoms with Gasteiger partial charge >= 0.3 is 0 Å². The van der Waals surface area contributed by atoms with Crippen molar-refractivity contribution >= 4 is 20.5 Å². The zero-order valence-electron chi connectivity index (χ0n) is 6.80. The van der Waals surface area contributed by atoms with Gasteiger partial charge in [-0.3, -0.25) is 0 Å². The predicted molar refractivity (Wildman–Crippen MR) is 48.1 cm³/mol. The molecule has 13 heavy (non-hydrogen) atoms. The van der Waals surface area contributed by atoms with Gasteiger partial charge in [-0.1, -0.05) is 0 Å². The second-order valence-corrected chi connectivity index (χ2v) is 5.57. The van der Waals surface area contributed by atoms with Crippen LogP contribution in [0.15, 0.2) is 34.1 Å². The van der Waals surface area contributed by atoms with Crippen molar-refractivity contribution in [2.75, 3.05) is 6.26 Å². The van der Waals surface area contributed by atoms with E-state index >= 15 is 0 Å². The molecule has 6 heteroatoms. The maximum absolute atomic E-state index is 11.0. The monoisotopic (exact) mass is 220 g/mol. The summed E-state index contributed by atoms with van der Waals surface area (Å²) in [4.78, 5) is 0.232. The molecule has 0 aliphatic heterocycles. The minimum absolute atomic E-state index is 0.113. The summed E-state index contributed by atoms with van der Waals surface area (Å²) in [5.74, 6) is 0. The third kappa shape index (κ3) is 2.53. The molecular weight excluding hydrogens is 212 g/mol. The fraction of sp³-hybridized carbons (Fsp3) is 0.143. The van der Waals surface area contributed by atoms with Crippen LogP contribution < -0.4 is 0 Å². The Morgan fingerprint density at radius 3 is 1.85 bits per heavy atom. The van der Waals surface area contributed by atoms with E-state index in [9.17, 15) is 16.8 Å². The number of thiol groups is 1. The Kier molecular flexibility index (Phi) is 2.72. The van der Waals surface area contributed by atoms with Crippen LogP contribution >= 0.6 is 0 Å². The van der Waals surface area contributed by atoms with Crippen molar-refractivity contribution in [3.63, 3.8) is 0 Å². The van der Waals surface area contributed by atoms with Crippen LogP contribution in [0.25, 0.3) is 0 Å². The zero-order valence-corrected chi connectivity index (χ0v) is 8.51. The van der Waals surface area contributed by atoms with Crippen molar-refractivity contribution in [2.45, 2.75) is 9.79 Å². The van der Waals surface area contributed by atoms with E-state index in [1.54, 1.807) is 0 Å². The highest BCUT2D eigenvalue weighted by molar-refractivity contribution is 7.90. The van der Waals surface area contributed by atoms with Crippen LogP contribution in [0.3, 0.4) is 0 Å². The lowest BCUT2D eigenvalue weighted by Crippen LogP contribution is -1.96. The minimum Gasteiger partial charge on any atom is -0.227 e. The van der Waals surface area contributed by atoms with Crippen molar-refractivity contribution in [1.82, 2.24) is 0 Å². The van der Waals surface area contributed by atoms with Gasteiger partial charge in [0.05, 0.1) is 9.79 Å². The number of benzene rings is 1. The second kappa shape index (κ2) is 3.47. The summed E-state index contributed by atoms with van der Waals surface area (Å²) in [6, 6.07) is 5.08. The van der Waals surface area contributed by atoms with Crippen LogP contribution in [-0.2, 0) is 20.5 Å². The van der Waals surface area contributed by atoms with Crippen molar-refractivity contribution in [2.24, 2.45) is 0 Å². The largest absolute Gasteiger partial charge is 0.227 e. The second-order valence-electron chi connectivity index (χ2n) is 2.52. The summed E-state index contributed by atoms with van der Waals surface area (Å²) in [5.41, 5.74) is 0. The highest BCUT2D eigenvalue weighted by atomic mass is 32.2. The Bertz CT molecular complexity index is 460. The van der Waals surface area contributed by atoms with Crippen LogP contribution in [0.1, 0.15) is 0 Å². The smallest absolute Gasteiger partial charge is 0.175 e. The van der Waals surface area contributed by atoms with Gasteiger partial charge in [0.1, 0.15) is 0 Å². The Morgan fingerprint density at radius 2 is 1.54 bits per heavy atom. The normalized spacial score (nSPS) is 11.8. The third-order valence-corrected chi connectivity index (χ3v) is 3.32. The molecule has 0 radical (unpaired) electrons. The number of sulfone groups is 1. The number of rotatable bonds is 2. The summed E-state index contributed by atoms with van der Waals surface area (Å²) in [6.45, 7) is 0. The Hall–Kier alpha value is -0.880. The van der Waals surface area contributed by atoms with Crippen LogP contribution in [0, 0.1) is 0 Å². The van der Waals surface area contributed by atoms with Gasteiger partial charge < -0.3 is 0 Å².